The van der Waals surface area contributed by atoms with Crippen LogP contribution in [-0.4, -0.2) is 38.1 Å². The molecule has 5 nitrogen and oxygen atoms in total. The Labute approximate surface area is 88.9 Å². The van der Waals surface area contributed by atoms with E-state index in [9.17, 15) is 4.79 Å². The molecule has 2 rings (SSSR count). The van der Waals surface area contributed by atoms with E-state index in [0.717, 1.165) is 19.3 Å². The fraction of sp³-hybridized carbons (Fsp3) is 0.700. The van der Waals surface area contributed by atoms with Gasteiger partial charge in [-0.15, -0.1) is 0 Å². The molecular formula is C10H16N4O. The highest BCUT2D eigenvalue weighted by atomic mass is 16.2. The second kappa shape index (κ2) is 4.00. The third-order valence-electron chi connectivity index (χ3n) is 3.11. The largest absolute Gasteiger partial charge is 0.330 e. The molecule has 1 aliphatic rings. The molecule has 1 N–H and O–H groups in total. The lowest BCUT2D eigenvalue weighted by Crippen LogP contribution is -2.40. The summed E-state index contributed by atoms with van der Waals surface area (Å²) in [5.74, 6) is 0.326. The quantitative estimate of drug-likeness (QED) is 0.794. The van der Waals surface area contributed by atoms with Crippen LogP contribution in [0.4, 0.5) is 0 Å². The monoisotopic (exact) mass is 208 g/mol. The van der Waals surface area contributed by atoms with Crippen molar-refractivity contribution in [3.05, 3.63) is 12.2 Å². The van der Waals surface area contributed by atoms with Crippen LogP contribution in [0, 0.1) is 0 Å². The van der Waals surface area contributed by atoms with Crippen LogP contribution in [-0.2, 0) is 0 Å². The van der Waals surface area contributed by atoms with Gasteiger partial charge >= 0.3 is 0 Å². The number of aromatic amines is 1. The average Bonchev–Trinajstić information content (AvgIpc) is 2.85. The average molecular weight is 208 g/mol. The number of amides is 1. The van der Waals surface area contributed by atoms with Gasteiger partial charge in [-0.2, -0.15) is 5.10 Å². The summed E-state index contributed by atoms with van der Waals surface area (Å²) in [6.07, 6.45) is 4.55. The number of hydrogen-bond acceptors (Lipinski definition) is 3. The van der Waals surface area contributed by atoms with E-state index in [1.54, 1.807) is 0 Å². The summed E-state index contributed by atoms with van der Waals surface area (Å²) in [7, 11) is 0. The van der Waals surface area contributed by atoms with Gasteiger partial charge in [0.1, 0.15) is 6.33 Å². The highest BCUT2D eigenvalue weighted by Crippen LogP contribution is 2.26. The van der Waals surface area contributed by atoms with Crippen molar-refractivity contribution in [1.29, 1.82) is 0 Å². The number of H-pyrrole nitrogens is 1. The molecule has 0 spiro atoms. The minimum atomic E-state index is -0.0237. The van der Waals surface area contributed by atoms with Crippen LogP contribution in [0.2, 0.25) is 0 Å². The summed E-state index contributed by atoms with van der Waals surface area (Å²) >= 11 is 0. The molecule has 0 radical (unpaired) electrons. The fourth-order valence-electron chi connectivity index (χ4n) is 2.27. The van der Waals surface area contributed by atoms with Crippen LogP contribution >= 0.6 is 0 Å². The van der Waals surface area contributed by atoms with Crippen molar-refractivity contribution in [2.75, 3.05) is 0 Å². The zero-order valence-electron chi connectivity index (χ0n) is 9.10. The molecule has 0 aromatic carbocycles. The van der Waals surface area contributed by atoms with Crippen LogP contribution < -0.4 is 0 Å². The van der Waals surface area contributed by atoms with Crippen molar-refractivity contribution in [2.24, 2.45) is 0 Å². The van der Waals surface area contributed by atoms with E-state index < -0.39 is 0 Å². The first-order valence-corrected chi connectivity index (χ1v) is 5.42. The Kier molecular flexibility index (Phi) is 2.70. The van der Waals surface area contributed by atoms with Crippen molar-refractivity contribution < 1.29 is 4.79 Å². The molecular weight excluding hydrogens is 192 g/mol. The Morgan fingerprint density at radius 3 is 3.07 bits per heavy atom. The Morgan fingerprint density at radius 2 is 2.47 bits per heavy atom. The standard InChI is InChI=1S/C10H16N4O/c1-3-8-5-4-7(2)14(8)10(15)9-11-6-12-13-9/h6-8H,3-5H2,1-2H3,(H,11,12,13). The predicted molar refractivity (Wildman–Crippen MR) is 55.3 cm³/mol. The smallest absolute Gasteiger partial charge is 0.291 e. The summed E-state index contributed by atoms with van der Waals surface area (Å²) in [4.78, 5) is 17.9. The number of aromatic nitrogens is 3. The number of carbonyl (C=O) groups is 1. The topological polar surface area (TPSA) is 61.9 Å². The van der Waals surface area contributed by atoms with Crippen molar-refractivity contribution in [3.8, 4) is 0 Å². The zero-order valence-corrected chi connectivity index (χ0v) is 9.10. The second-order valence-corrected chi connectivity index (χ2v) is 4.03. The van der Waals surface area contributed by atoms with Gasteiger partial charge in [0.15, 0.2) is 0 Å². The van der Waals surface area contributed by atoms with Gasteiger partial charge in [-0.25, -0.2) is 4.98 Å². The lowest BCUT2D eigenvalue weighted by Gasteiger charge is -2.26. The molecule has 2 unspecified atom stereocenters. The first-order chi connectivity index (χ1) is 7.24. The predicted octanol–water partition coefficient (Wildman–Crippen LogP) is 1.21. The van der Waals surface area contributed by atoms with Crippen LogP contribution in [0.3, 0.4) is 0 Å². The molecule has 15 heavy (non-hydrogen) atoms. The number of rotatable bonds is 2. The highest BCUT2D eigenvalue weighted by molar-refractivity contribution is 5.91. The van der Waals surface area contributed by atoms with E-state index in [4.69, 9.17) is 0 Å². The first-order valence-electron chi connectivity index (χ1n) is 5.42. The third-order valence-corrected chi connectivity index (χ3v) is 3.11. The molecule has 2 heterocycles. The van der Waals surface area contributed by atoms with Gasteiger partial charge < -0.3 is 4.90 Å². The Morgan fingerprint density at radius 1 is 1.67 bits per heavy atom. The lowest BCUT2D eigenvalue weighted by atomic mass is 10.1. The van der Waals surface area contributed by atoms with Crippen LogP contribution in [0.15, 0.2) is 6.33 Å². The van der Waals surface area contributed by atoms with Crippen molar-refractivity contribution in [2.45, 2.75) is 45.2 Å². The molecule has 0 bridgehead atoms. The van der Waals surface area contributed by atoms with E-state index >= 15 is 0 Å². The number of likely N-dealkylation sites (tertiary alicyclic amines) is 1. The van der Waals surface area contributed by atoms with Gasteiger partial charge in [0.05, 0.1) is 0 Å². The fourth-order valence-corrected chi connectivity index (χ4v) is 2.27. The maximum absolute atomic E-state index is 12.1. The van der Waals surface area contributed by atoms with E-state index in [1.165, 1.54) is 6.33 Å². The van der Waals surface area contributed by atoms with Crippen molar-refractivity contribution in [3.63, 3.8) is 0 Å². The molecule has 0 saturated carbocycles. The van der Waals surface area contributed by atoms with Crippen LogP contribution in [0.1, 0.15) is 43.7 Å². The SMILES string of the molecule is CCC1CCC(C)N1C(=O)c1ncn[nH]1. The van der Waals surface area contributed by atoms with Gasteiger partial charge in [-0.05, 0) is 26.2 Å². The summed E-state index contributed by atoms with van der Waals surface area (Å²) in [5.41, 5.74) is 0. The molecule has 1 fully saturated rings. The van der Waals surface area contributed by atoms with Crippen molar-refractivity contribution in [1.82, 2.24) is 20.1 Å². The molecule has 1 aromatic rings. The van der Waals surface area contributed by atoms with Gasteiger partial charge in [-0.1, -0.05) is 6.92 Å². The maximum Gasteiger partial charge on any atom is 0.291 e. The minimum Gasteiger partial charge on any atom is -0.330 e. The Balaban J connectivity index is 2.18. The van der Waals surface area contributed by atoms with Crippen LogP contribution in [0.25, 0.3) is 0 Å². The van der Waals surface area contributed by atoms with Gasteiger partial charge in [0, 0.05) is 12.1 Å². The van der Waals surface area contributed by atoms with Gasteiger partial charge in [0.2, 0.25) is 5.82 Å². The van der Waals surface area contributed by atoms with Crippen molar-refractivity contribution >= 4 is 5.91 Å². The Bertz CT molecular complexity index is 335. The number of hydrogen-bond donors (Lipinski definition) is 1. The maximum atomic E-state index is 12.1. The van der Waals surface area contributed by atoms with E-state index in [1.807, 2.05) is 4.90 Å². The molecule has 2 atom stereocenters. The van der Waals surface area contributed by atoms with E-state index in [-0.39, 0.29) is 5.91 Å². The summed E-state index contributed by atoms with van der Waals surface area (Å²) in [6.45, 7) is 4.20. The number of nitrogens with zero attached hydrogens (tertiary/aromatic N) is 3. The molecule has 1 aromatic heterocycles. The van der Waals surface area contributed by atoms with Gasteiger partial charge in [-0.3, -0.25) is 9.89 Å². The third kappa shape index (κ3) is 1.73. The lowest BCUT2D eigenvalue weighted by molar-refractivity contribution is 0.0664. The molecule has 5 heteroatoms. The number of nitrogens with one attached hydrogen (secondary N) is 1. The summed E-state index contributed by atoms with van der Waals surface area (Å²) in [5, 5.41) is 6.33. The summed E-state index contributed by atoms with van der Waals surface area (Å²) < 4.78 is 0. The number of carbonyl (C=O) groups excluding carboxylic acids is 1. The Hall–Kier alpha value is -1.39. The molecule has 1 amide bonds. The molecule has 1 saturated heterocycles. The minimum absolute atomic E-state index is 0.0237. The molecule has 82 valence electrons. The van der Waals surface area contributed by atoms with E-state index in [2.05, 4.69) is 29.0 Å². The highest BCUT2D eigenvalue weighted by Gasteiger charge is 2.34. The molecule has 1 aliphatic heterocycles. The summed E-state index contributed by atoms with van der Waals surface area (Å²) in [6, 6.07) is 0.671. The normalized spacial score (nSPS) is 25.9. The van der Waals surface area contributed by atoms with E-state index in [0.29, 0.717) is 17.9 Å². The van der Waals surface area contributed by atoms with Crippen LogP contribution in [0.5, 0.6) is 0 Å². The molecule has 0 aliphatic carbocycles. The zero-order chi connectivity index (χ0) is 10.8. The van der Waals surface area contributed by atoms with Gasteiger partial charge in [0.25, 0.3) is 5.91 Å². The first kappa shape index (κ1) is 10.1. The second-order valence-electron chi connectivity index (χ2n) is 4.03.